The second kappa shape index (κ2) is 7.12. The van der Waals surface area contributed by atoms with Crippen LogP contribution in [-0.4, -0.2) is 38.8 Å². The van der Waals surface area contributed by atoms with Crippen molar-refractivity contribution >= 4 is 17.8 Å². The zero-order valence-corrected chi connectivity index (χ0v) is 14.1. The molecule has 128 valence electrons. The molecule has 0 saturated carbocycles. The van der Waals surface area contributed by atoms with E-state index in [0.717, 1.165) is 11.3 Å². The Labute approximate surface area is 140 Å². The van der Waals surface area contributed by atoms with Gasteiger partial charge in [-0.25, -0.2) is 4.79 Å². The Morgan fingerprint density at radius 3 is 2.54 bits per heavy atom. The number of hydrogen-bond donors (Lipinski definition) is 3. The van der Waals surface area contributed by atoms with Crippen LogP contribution in [-0.2, 0) is 9.53 Å². The van der Waals surface area contributed by atoms with Gasteiger partial charge in [0.05, 0.1) is 5.69 Å². The fourth-order valence-electron chi connectivity index (χ4n) is 1.85. The number of nitrogens with one attached hydrogen (secondary N) is 3. The molecule has 0 radical (unpaired) electrons. The van der Waals surface area contributed by atoms with E-state index in [1.54, 1.807) is 46.2 Å². The number of ether oxygens (including phenoxy) is 1. The monoisotopic (exact) mass is 331 g/mol. The summed E-state index contributed by atoms with van der Waals surface area (Å²) in [4.78, 5) is 27.7. The van der Waals surface area contributed by atoms with Crippen molar-refractivity contribution in [1.82, 2.24) is 20.5 Å². The number of anilines is 1. The van der Waals surface area contributed by atoms with Crippen molar-refractivity contribution in [2.24, 2.45) is 0 Å². The van der Waals surface area contributed by atoms with Crippen LogP contribution in [0, 0.1) is 0 Å². The lowest BCUT2D eigenvalue weighted by Gasteiger charge is -2.21. The number of H-pyrrole nitrogens is 1. The van der Waals surface area contributed by atoms with Crippen LogP contribution in [0.2, 0.25) is 0 Å². The lowest BCUT2D eigenvalue weighted by molar-refractivity contribution is -0.117. The van der Waals surface area contributed by atoms with Gasteiger partial charge in [-0.05, 0) is 39.8 Å². The fourth-order valence-corrected chi connectivity index (χ4v) is 1.85. The van der Waals surface area contributed by atoms with E-state index in [0.29, 0.717) is 5.82 Å². The molecule has 0 aliphatic rings. The molecule has 0 unspecified atom stereocenters. The summed E-state index contributed by atoms with van der Waals surface area (Å²) in [6.45, 7) is 6.82. The number of carbonyl (C=O) groups excluding carboxylic acids is 2. The zero-order chi connectivity index (χ0) is 17.7. The Bertz CT molecular complexity index is 706. The number of pyridine rings is 1. The van der Waals surface area contributed by atoms with Crippen LogP contribution >= 0.6 is 0 Å². The van der Waals surface area contributed by atoms with Gasteiger partial charge in [0.1, 0.15) is 11.6 Å². The maximum atomic E-state index is 12.1. The molecule has 2 amide bonds. The normalized spacial score (nSPS) is 12.3. The number of carbonyl (C=O) groups is 2. The van der Waals surface area contributed by atoms with Crippen molar-refractivity contribution in [2.45, 2.75) is 39.3 Å². The molecule has 2 aromatic rings. The molecule has 0 fully saturated rings. The van der Waals surface area contributed by atoms with E-state index in [-0.39, 0.29) is 0 Å². The van der Waals surface area contributed by atoms with Gasteiger partial charge in [-0.2, -0.15) is 5.10 Å². The van der Waals surface area contributed by atoms with Crippen molar-refractivity contribution < 1.29 is 14.3 Å². The number of aromatic nitrogens is 3. The first-order valence-electron chi connectivity index (χ1n) is 7.51. The van der Waals surface area contributed by atoms with Crippen molar-refractivity contribution in [1.29, 1.82) is 0 Å². The lowest BCUT2D eigenvalue weighted by atomic mass is 10.2. The van der Waals surface area contributed by atoms with Gasteiger partial charge >= 0.3 is 6.09 Å². The molecule has 0 aliphatic carbocycles. The summed E-state index contributed by atoms with van der Waals surface area (Å²) in [5.74, 6) is -0.0294. The minimum atomic E-state index is -0.763. The standard InChI is InChI=1S/C16H21N5O3/c1-10(18-15(23)24-16(2,3)4)14(22)19-13-9-12(20-21-13)11-5-7-17-8-6-11/h5-10H,1-4H3,(H,18,23)(H2,19,20,21,22)/t10-/m0/s1. The first kappa shape index (κ1) is 17.5. The van der Waals surface area contributed by atoms with E-state index >= 15 is 0 Å². The van der Waals surface area contributed by atoms with E-state index in [1.807, 2.05) is 12.1 Å². The second-order valence-corrected chi connectivity index (χ2v) is 6.26. The van der Waals surface area contributed by atoms with Gasteiger partial charge in [-0.3, -0.25) is 14.9 Å². The third-order valence-electron chi connectivity index (χ3n) is 2.95. The van der Waals surface area contributed by atoms with Crippen LogP contribution in [0.4, 0.5) is 10.6 Å². The molecule has 8 heteroatoms. The molecule has 3 N–H and O–H groups in total. The minimum Gasteiger partial charge on any atom is -0.444 e. The second-order valence-electron chi connectivity index (χ2n) is 6.26. The van der Waals surface area contributed by atoms with Gasteiger partial charge in [-0.1, -0.05) is 0 Å². The van der Waals surface area contributed by atoms with Crippen molar-refractivity contribution in [3.8, 4) is 11.3 Å². The van der Waals surface area contributed by atoms with Crippen LogP contribution in [0.25, 0.3) is 11.3 Å². The first-order valence-corrected chi connectivity index (χ1v) is 7.51. The Balaban J connectivity index is 1.92. The number of alkyl carbamates (subject to hydrolysis) is 1. The summed E-state index contributed by atoms with van der Waals surface area (Å²) < 4.78 is 5.11. The first-order chi connectivity index (χ1) is 11.2. The van der Waals surface area contributed by atoms with Crippen LogP contribution in [0.15, 0.2) is 30.6 Å². The van der Waals surface area contributed by atoms with Gasteiger partial charge in [0.25, 0.3) is 0 Å². The molecule has 0 aromatic carbocycles. The number of amides is 2. The molecule has 0 bridgehead atoms. The average molecular weight is 331 g/mol. The molecular weight excluding hydrogens is 310 g/mol. The predicted octanol–water partition coefficient (Wildman–Crippen LogP) is 2.32. The number of rotatable bonds is 4. The van der Waals surface area contributed by atoms with Gasteiger partial charge in [0.15, 0.2) is 5.82 Å². The Kier molecular flexibility index (Phi) is 5.18. The van der Waals surface area contributed by atoms with Crippen molar-refractivity contribution in [3.63, 3.8) is 0 Å². The molecule has 1 atom stereocenters. The van der Waals surface area contributed by atoms with E-state index in [1.165, 1.54) is 0 Å². The third kappa shape index (κ3) is 5.08. The molecule has 2 aromatic heterocycles. The molecule has 8 nitrogen and oxygen atoms in total. The lowest BCUT2D eigenvalue weighted by Crippen LogP contribution is -2.44. The molecule has 0 saturated heterocycles. The zero-order valence-electron chi connectivity index (χ0n) is 14.1. The van der Waals surface area contributed by atoms with Crippen LogP contribution in [0.5, 0.6) is 0 Å². The van der Waals surface area contributed by atoms with Crippen molar-refractivity contribution in [2.75, 3.05) is 5.32 Å². The fraction of sp³-hybridized carbons (Fsp3) is 0.375. The van der Waals surface area contributed by atoms with E-state index < -0.39 is 23.6 Å². The SMILES string of the molecule is C[C@H](NC(=O)OC(C)(C)C)C(=O)Nc1cc(-c2ccncc2)[nH]n1. The predicted molar refractivity (Wildman–Crippen MR) is 89.3 cm³/mol. The van der Waals surface area contributed by atoms with Gasteiger partial charge < -0.3 is 15.4 Å². The molecule has 0 spiro atoms. The Morgan fingerprint density at radius 2 is 1.92 bits per heavy atom. The summed E-state index contributed by atoms with van der Waals surface area (Å²) in [5, 5.41) is 12.0. The van der Waals surface area contributed by atoms with E-state index in [9.17, 15) is 9.59 Å². The largest absolute Gasteiger partial charge is 0.444 e. The average Bonchev–Trinajstić information content (AvgIpc) is 2.94. The van der Waals surface area contributed by atoms with Gasteiger partial charge in [0, 0.05) is 24.0 Å². The summed E-state index contributed by atoms with van der Waals surface area (Å²) in [5.41, 5.74) is 1.03. The highest BCUT2D eigenvalue weighted by molar-refractivity contribution is 5.95. The summed E-state index contributed by atoms with van der Waals surface area (Å²) in [7, 11) is 0. The van der Waals surface area contributed by atoms with E-state index in [4.69, 9.17) is 4.74 Å². The summed E-state index contributed by atoms with van der Waals surface area (Å²) >= 11 is 0. The summed E-state index contributed by atoms with van der Waals surface area (Å²) in [6, 6.07) is 4.59. The van der Waals surface area contributed by atoms with Crippen LogP contribution < -0.4 is 10.6 Å². The Morgan fingerprint density at radius 1 is 1.25 bits per heavy atom. The highest BCUT2D eigenvalue weighted by atomic mass is 16.6. The molecule has 0 aliphatic heterocycles. The van der Waals surface area contributed by atoms with Crippen LogP contribution in [0.3, 0.4) is 0 Å². The minimum absolute atomic E-state index is 0.365. The smallest absolute Gasteiger partial charge is 0.408 e. The molecular formula is C16H21N5O3. The van der Waals surface area contributed by atoms with Crippen molar-refractivity contribution in [3.05, 3.63) is 30.6 Å². The third-order valence-corrected chi connectivity index (χ3v) is 2.95. The summed E-state index contributed by atoms with van der Waals surface area (Å²) in [6.07, 6.45) is 2.69. The molecule has 24 heavy (non-hydrogen) atoms. The highest BCUT2D eigenvalue weighted by Crippen LogP contribution is 2.18. The number of hydrogen-bond acceptors (Lipinski definition) is 5. The maximum absolute atomic E-state index is 12.1. The topological polar surface area (TPSA) is 109 Å². The maximum Gasteiger partial charge on any atom is 0.408 e. The molecule has 2 rings (SSSR count). The van der Waals surface area contributed by atoms with Crippen LogP contribution in [0.1, 0.15) is 27.7 Å². The molecule has 2 heterocycles. The number of aromatic amines is 1. The quantitative estimate of drug-likeness (QED) is 0.796. The Hall–Kier alpha value is -2.90. The highest BCUT2D eigenvalue weighted by Gasteiger charge is 2.21. The number of nitrogens with zero attached hydrogens (tertiary/aromatic N) is 2. The van der Waals surface area contributed by atoms with Gasteiger partial charge in [-0.15, -0.1) is 0 Å². The van der Waals surface area contributed by atoms with Gasteiger partial charge in [0.2, 0.25) is 5.91 Å². The van der Waals surface area contributed by atoms with E-state index in [2.05, 4.69) is 25.8 Å².